The molecular weight excluding hydrogens is 416 g/mol. The molecule has 3 N–H and O–H groups in total. The Labute approximate surface area is 163 Å². The van der Waals surface area contributed by atoms with Gasteiger partial charge in [-0.15, -0.1) is 0 Å². The number of anilines is 1. The number of nitrogens with one attached hydrogen (secondary N) is 2. The molecule has 8 nitrogen and oxygen atoms in total. The van der Waals surface area contributed by atoms with Gasteiger partial charge in [-0.05, 0) is 64.8 Å². The van der Waals surface area contributed by atoms with Gasteiger partial charge in [0.1, 0.15) is 0 Å². The Morgan fingerprint density at radius 2 is 2.00 bits per heavy atom. The second kappa shape index (κ2) is 9.35. The maximum atomic E-state index is 11.8. The Bertz CT molecular complexity index is 920. The van der Waals surface area contributed by atoms with E-state index in [0.717, 1.165) is 0 Å². The molecule has 0 aliphatic rings. The lowest BCUT2D eigenvalue weighted by atomic mass is 10.2. The molecule has 0 saturated carbocycles. The van der Waals surface area contributed by atoms with Crippen LogP contribution >= 0.6 is 15.9 Å². The van der Waals surface area contributed by atoms with Crippen LogP contribution in [0.15, 0.2) is 46.0 Å². The molecule has 9 heteroatoms. The molecule has 0 saturated heterocycles. The Balaban J connectivity index is 1.97. The molecule has 0 spiro atoms. The number of benzene rings is 2. The largest absolute Gasteiger partial charge is 0.503 e. The summed E-state index contributed by atoms with van der Waals surface area (Å²) < 4.78 is 5.70. The van der Waals surface area contributed by atoms with Crippen molar-refractivity contribution in [1.82, 2.24) is 5.43 Å². The van der Waals surface area contributed by atoms with Crippen molar-refractivity contribution >= 4 is 39.6 Å². The van der Waals surface area contributed by atoms with E-state index in [1.165, 1.54) is 36.5 Å². The second-order valence-corrected chi connectivity index (χ2v) is 5.98. The van der Waals surface area contributed by atoms with E-state index >= 15 is 0 Å². The third kappa shape index (κ3) is 5.55. The molecule has 0 heterocycles. The Morgan fingerprint density at radius 3 is 2.63 bits per heavy atom. The SMILES string of the molecule is CCOc1cc(/C=N/NC(=O)C(=O)Nc2ccc(C#N)cc2)cc(Br)c1O. The lowest BCUT2D eigenvalue weighted by Gasteiger charge is -2.08. The molecule has 0 aliphatic carbocycles. The Hall–Kier alpha value is -3.38. The zero-order valence-electron chi connectivity index (χ0n) is 14.2. The highest BCUT2D eigenvalue weighted by molar-refractivity contribution is 9.10. The summed E-state index contributed by atoms with van der Waals surface area (Å²) in [6.07, 6.45) is 1.31. The van der Waals surface area contributed by atoms with Gasteiger partial charge in [-0.3, -0.25) is 9.59 Å². The maximum Gasteiger partial charge on any atom is 0.329 e. The van der Waals surface area contributed by atoms with Crippen molar-refractivity contribution in [2.24, 2.45) is 5.10 Å². The van der Waals surface area contributed by atoms with Crippen molar-refractivity contribution in [3.8, 4) is 17.6 Å². The van der Waals surface area contributed by atoms with Crippen molar-refractivity contribution in [3.05, 3.63) is 52.0 Å². The summed E-state index contributed by atoms with van der Waals surface area (Å²) in [6, 6.07) is 11.1. The van der Waals surface area contributed by atoms with Crippen LogP contribution in [0.5, 0.6) is 11.5 Å². The summed E-state index contributed by atoms with van der Waals surface area (Å²) in [6.45, 7) is 2.15. The molecule has 0 atom stereocenters. The molecule has 2 aromatic carbocycles. The first-order valence-electron chi connectivity index (χ1n) is 7.74. The highest BCUT2D eigenvalue weighted by atomic mass is 79.9. The number of rotatable bonds is 5. The molecule has 2 aromatic rings. The molecule has 0 aliphatic heterocycles. The van der Waals surface area contributed by atoms with E-state index in [1.807, 2.05) is 6.07 Å². The van der Waals surface area contributed by atoms with Gasteiger partial charge in [0.05, 0.1) is 28.9 Å². The Morgan fingerprint density at radius 1 is 1.30 bits per heavy atom. The van der Waals surface area contributed by atoms with E-state index in [2.05, 4.69) is 31.8 Å². The quantitative estimate of drug-likeness (QED) is 0.381. The van der Waals surface area contributed by atoms with Gasteiger partial charge in [-0.25, -0.2) is 5.43 Å². The third-order valence-corrected chi connectivity index (χ3v) is 3.81. The lowest BCUT2D eigenvalue weighted by molar-refractivity contribution is -0.136. The number of aromatic hydroxyl groups is 1. The topological polar surface area (TPSA) is 124 Å². The summed E-state index contributed by atoms with van der Waals surface area (Å²) in [5, 5.41) is 24.7. The first-order valence-corrected chi connectivity index (χ1v) is 8.53. The van der Waals surface area contributed by atoms with Crippen LogP contribution < -0.4 is 15.5 Å². The number of phenolic OH excluding ortho intramolecular Hbond substituents is 1. The summed E-state index contributed by atoms with van der Waals surface area (Å²) in [5.74, 6) is -1.64. The average Bonchev–Trinajstić information content (AvgIpc) is 2.66. The number of ether oxygens (including phenoxy) is 1. The fourth-order valence-electron chi connectivity index (χ4n) is 1.97. The lowest BCUT2D eigenvalue weighted by Crippen LogP contribution is -2.32. The minimum atomic E-state index is -0.960. The van der Waals surface area contributed by atoms with E-state index in [4.69, 9.17) is 10.00 Å². The monoisotopic (exact) mass is 430 g/mol. The van der Waals surface area contributed by atoms with Gasteiger partial charge < -0.3 is 15.2 Å². The van der Waals surface area contributed by atoms with Crippen molar-refractivity contribution in [2.75, 3.05) is 11.9 Å². The standard InChI is InChI=1S/C18H15BrN4O4/c1-2-27-15-8-12(7-14(19)16(15)24)10-21-23-18(26)17(25)22-13-5-3-11(9-20)4-6-13/h3-8,10,24H,2H2,1H3,(H,22,25)(H,23,26)/b21-10+. The molecule has 2 amide bonds. The van der Waals surface area contributed by atoms with Crippen molar-refractivity contribution < 1.29 is 19.4 Å². The fraction of sp³-hybridized carbons (Fsp3) is 0.111. The van der Waals surface area contributed by atoms with Gasteiger partial charge in [0, 0.05) is 5.69 Å². The van der Waals surface area contributed by atoms with Gasteiger partial charge in [0.25, 0.3) is 0 Å². The van der Waals surface area contributed by atoms with Crippen LogP contribution in [0.4, 0.5) is 5.69 Å². The number of hydrogen-bond acceptors (Lipinski definition) is 6. The first-order chi connectivity index (χ1) is 12.9. The van der Waals surface area contributed by atoms with E-state index in [0.29, 0.717) is 27.9 Å². The van der Waals surface area contributed by atoms with Crippen molar-refractivity contribution in [1.29, 1.82) is 5.26 Å². The summed E-state index contributed by atoms with van der Waals surface area (Å²) in [5.41, 5.74) is 3.46. The molecule has 0 bridgehead atoms. The van der Waals surface area contributed by atoms with Crippen LogP contribution in [0.3, 0.4) is 0 Å². The number of carbonyl (C=O) groups is 2. The zero-order valence-corrected chi connectivity index (χ0v) is 15.8. The average molecular weight is 431 g/mol. The van der Waals surface area contributed by atoms with Crippen molar-refractivity contribution in [3.63, 3.8) is 0 Å². The number of nitrogens with zero attached hydrogens (tertiary/aromatic N) is 2. The third-order valence-electron chi connectivity index (χ3n) is 3.21. The van der Waals surface area contributed by atoms with Gasteiger partial charge in [0.2, 0.25) is 0 Å². The highest BCUT2D eigenvalue weighted by Gasteiger charge is 2.13. The maximum absolute atomic E-state index is 11.8. The molecule has 27 heavy (non-hydrogen) atoms. The number of amides is 2. The van der Waals surface area contributed by atoms with Crippen LogP contribution in [0.2, 0.25) is 0 Å². The molecular formula is C18H15BrN4O4. The molecule has 0 aromatic heterocycles. The number of nitriles is 1. The van der Waals surface area contributed by atoms with Crippen LogP contribution in [0.1, 0.15) is 18.1 Å². The number of phenols is 1. The summed E-state index contributed by atoms with van der Waals surface area (Å²) >= 11 is 3.20. The Kier molecular flexibility index (Phi) is 6.91. The number of halogens is 1. The first kappa shape index (κ1) is 19.9. The van der Waals surface area contributed by atoms with Crippen LogP contribution in [-0.4, -0.2) is 29.7 Å². The zero-order chi connectivity index (χ0) is 19.8. The van der Waals surface area contributed by atoms with Crippen LogP contribution in [-0.2, 0) is 9.59 Å². The number of carbonyl (C=O) groups excluding carboxylic acids is 2. The molecule has 0 unspecified atom stereocenters. The number of hydrazone groups is 1. The normalized spacial score (nSPS) is 10.3. The van der Waals surface area contributed by atoms with Gasteiger partial charge in [0.15, 0.2) is 11.5 Å². The van der Waals surface area contributed by atoms with E-state index in [1.54, 1.807) is 13.0 Å². The summed E-state index contributed by atoms with van der Waals surface area (Å²) in [7, 11) is 0. The smallest absolute Gasteiger partial charge is 0.329 e. The minimum Gasteiger partial charge on any atom is -0.503 e. The predicted molar refractivity (Wildman–Crippen MR) is 102 cm³/mol. The highest BCUT2D eigenvalue weighted by Crippen LogP contribution is 2.34. The van der Waals surface area contributed by atoms with E-state index in [-0.39, 0.29) is 11.5 Å². The summed E-state index contributed by atoms with van der Waals surface area (Å²) in [4.78, 5) is 23.6. The fourth-order valence-corrected chi connectivity index (χ4v) is 2.43. The van der Waals surface area contributed by atoms with Crippen LogP contribution in [0.25, 0.3) is 0 Å². The van der Waals surface area contributed by atoms with Gasteiger partial charge in [-0.1, -0.05) is 0 Å². The van der Waals surface area contributed by atoms with Gasteiger partial charge in [-0.2, -0.15) is 10.4 Å². The van der Waals surface area contributed by atoms with E-state index < -0.39 is 11.8 Å². The van der Waals surface area contributed by atoms with E-state index in [9.17, 15) is 14.7 Å². The second-order valence-electron chi connectivity index (χ2n) is 5.12. The van der Waals surface area contributed by atoms with Crippen molar-refractivity contribution in [2.45, 2.75) is 6.92 Å². The molecule has 138 valence electrons. The number of hydrogen-bond donors (Lipinski definition) is 3. The molecule has 2 rings (SSSR count). The molecule has 0 radical (unpaired) electrons. The minimum absolute atomic E-state index is 0.0418. The molecule has 0 fully saturated rings. The predicted octanol–water partition coefficient (Wildman–Crippen LogP) is 2.51. The van der Waals surface area contributed by atoms with Crippen LogP contribution in [0, 0.1) is 11.3 Å². The van der Waals surface area contributed by atoms with Gasteiger partial charge >= 0.3 is 11.8 Å².